The molecular weight excluding hydrogens is 462 g/mol. The lowest BCUT2D eigenvalue weighted by atomic mass is 9.99. The molecule has 0 N–H and O–H groups in total. The third kappa shape index (κ3) is 5.34. The molecular formula is C31H31N3O3. The summed E-state index contributed by atoms with van der Waals surface area (Å²) in [5, 5.41) is 0. The molecule has 2 amide bonds. The number of rotatable bonds is 8. The molecule has 37 heavy (non-hydrogen) atoms. The van der Waals surface area contributed by atoms with Gasteiger partial charge in [0.1, 0.15) is 6.54 Å². The molecule has 2 heterocycles. The van der Waals surface area contributed by atoms with Gasteiger partial charge in [0.25, 0.3) is 5.91 Å². The van der Waals surface area contributed by atoms with Crippen LogP contribution in [0.2, 0.25) is 0 Å². The van der Waals surface area contributed by atoms with Crippen molar-refractivity contribution >= 4 is 11.8 Å². The number of ether oxygens (including phenoxy) is 1. The summed E-state index contributed by atoms with van der Waals surface area (Å²) in [7, 11) is 1.60. The Hall–Kier alpha value is -4.16. The second-order valence-corrected chi connectivity index (χ2v) is 9.19. The van der Waals surface area contributed by atoms with Gasteiger partial charge >= 0.3 is 0 Å². The number of amides is 2. The minimum absolute atomic E-state index is 0.00727. The molecule has 188 valence electrons. The lowest BCUT2D eigenvalue weighted by Gasteiger charge is -2.38. The number of carbonyl (C=O) groups excluding carboxylic acids is 2. The Labute approximate surface area is 217 Å². The maximum absolute atomic E-state index is 13.7. The molecule has 4 aromatic rings. The van der Waals surface area contributed by atoms with Crippen LogP contribution in [0.1, 0.15) is 27.7 Å². The second kappa shape index (κ2) is 11.3. The predicted octanol–water partition coefficient (Wildman–Crippen LogP) is 4.88. The van der Waals surface area contributed by atoms with Crippen molar-refractivity contribution in [3.8, 4) is 11.1 Å². The average molecular weight is 494 g/mol. The van der Waals surface area contributed by atoms with Crippen molar-refractivity contribution in [3.05, 3.63) is 120 Å². The Kier molecular flexibility index (Phi) is 7.47. The van der Waals surface area contributed by atoms with E-state index in [0.717, 1.165) is 28.9 Å². The smallest absolute Gasteiger partial charge is 0.254 e. The minimum Gasteiger partial charge on any atom is -0.383 e. The van der Waals surface area contributed by atoms with Crippen LogP contribution in [0.4, 0.5) is 0 Å². The highest BCUT2D eigenvalue weighted by Crippen LogP contribution is 2.32. The molecule has 0 fully saturated rings. The summed E-state index contributed by atoms with van der Waals surface area (Å²) in [6, 6.07) is 31.6. The van der Waals surface area contributed by atoms with Crippen molar-refractivity contribution in [3.63, 3.8) is 0 Å². The van der Waals surface area contributed by atoms with Crippen LogP contribution in [0.3, 0.4) is 0 Å². The molecule has 1 aliphatic rings. The van der Waals surface area contributed by atoms with E-state index < -0.39 is 0 Å². The topological polar surface area (TPSA) is 54.8 Å². The zero-order valence-electron chi connectivity index (χ0n) is 21.0. The van der Waals surface area contributed by atoms with Crippen LogP contribution in [0.5, 0.6) is 0 Å². The highest BCUT2D eigenvalue weighted by Gasteiger charge is 2.33. The lowest BCUT2D eigenvalue weighted by molar-refractivity contribution is -0.134. The number of hydrogen-bond acceptors (Lipinski definition) is 3. The molecule has 1 unspecified atom stereocenters. The van der Waals surface area contributed by atoms with Crippen molar-refractivity contribution in [2.45, 2.75) is 12.6 Å². The van der Waals surface area contributed by atoms with Gasteiger partial charge in [0.15, 0.2) is 0 Å². The molecule has 5 rings (SSSR count). The van der Waals surface area contributed by atoms with Crippen LogP contribution in [-0.2, 0) is 16.1 Å². The zero-order chi connectivity index (χ0) is 25.6. The van der Waals surface area contributed by atoms with Crippen LogP contribution >= 0.6 is 0 Å². The van der Waals surface area contributed by atoms with Gasteiger partial charge < -0.3 is 19.1 Å². The van der Waals surface area contributed by atoms with Gasteiger partial charge in [-0.1, -0.05) is 72.8 Å². The highest BCUT2D eigenvalue weighted by atomic mass is 16.5. The largest absolute Gasteiger partial charge is 0.383 e. The number of nitrogens with zero attached hydrogens (tertiary/aromatic N) is 3. The molecule has 6 heteroatoms. The van der Waals surface area contributed by atoms with Crippen molar-refractivity contribution in [2.24, 2.45) is 0 Å². The number of carbonyl (C=O) groups is 2. The number of fused-ring (bicyclic) bond motifs is 1. The van der Waals surface area contributed by atoms with E-state index in [1.807, 2.05) is 83.8 Å². The van der Waals surface area contributed by atoms with Gasteiger partial charge in [0, 0.05) is 44.2 Å². The number of aromatic nitrogens is 1. The van der Waals surface area contributed by atoms with Gasteiger partial charge in [-0.25, -0.2) is 0 Å². The Morgan fingerprint density at radius 3 is 2.22 bits per heavy atom. The maximum atomic E-state index is 13.7. The van der Waals surface area contributed by atoms with E-state index in [0.29, 0.717) is 25.3 Å². The number of benzene rings is 3. The van der Waals surface area contributed by atoms with Crippen LogP contribution in [0.25, 0.3) is 11.1 Å². The maximum Gasteiger partial charge on any atom is 0.254 e. The van der Waals surface area contributed by atoms with Crippen molar-refractivity contribution < 1.29 is 14.3 Å². The monoisotopic (exact) mass is 493 g/mol. The summed E-state index contributed by atoms with van der Waals surface area (Å²) in [4.78, 5) is 30.8. The predicted molar refractivity (Wildman–Crippen MR) is 144 cm³/mol. The minimum atomic E-state index is -0.193. The first-order valence-electron chi connectivity index (χ1n) is 12.6. The van der Waals surface area contributed by atoms with Crippen molar-refractivity contribution in [1.29, 1.82) is 0 Å². The first-order chi connectivity index (χ1) is 18.2. The Morgan fingerprint density at radius 2 is 1.51 bits per heavy atom. The first kappa shape index (κ1) is 24.5. The Balaban J connectivity index is 1.37. The van der Waals surface area contributed by atoms with Crippen LogP contribution in [0.15, 0.2) is 103 Å². The molecule has 1 aliphatic heterocycles. The molecule has 0 radical (unpaired) electrons. The molecule has 1 aromatic heterocycles. The summed E-state index contributed by atoms with van der Waals surface area (Å²) >= 11 is 0. The third-order valence-corrected chi connectivity index (χ3v) is 6.89. The van der Waals surface area contributed by atoms with Crippen LogP contribution in [-0.4, -0.2) is 59.5 Å². The summed E-state index contributed by atoms with van der Waals surface area (Å²) in [5.41, 5.74) is 4.82. The van der Waals surface area contributed by atoms with Crippen LogP contribution < -0.4 is 0 Å². The fourth-order valence-corrected chi connectivity index (χ4v) is 4.96. The normalized spacial score (nSPS) is 14.7. The van der Waals surface area contributed by atoms with E-state index in [-0.39, 0.29) is 24.4 Å². The molecule has 0 bridgehead atoms. The summed E-state index contributed by atoms with van der Waals surface area (Å²) < 4.78 is 7.46. The molecule has 0 spiro atoms. The SMILES string of the molecule is COCCN(CC(=O)N1CCn2cccc2C1c1ccccc1)C(=O)c1ccc(-c2ccccc2)cc1. The van der Waals surface area contributed by atoms with E-state index in [1.54, 1.807) is 12.0 Å². The van der Waals surface area contributed by atoms with E-state index in [1.165, 1.54) is 0 Å². The first-order valence-corrected chi connectivity index (χ1v) is 12.6. The van der Waals surface area contributed by atoms with Gasteiger partial charge in [0.05, 0.1) is 12.6 Å². The zero-order valence-corrected chi connectivity index (χ0v) is 21.0. The van der Waals surface area contributed by atoms with E-state index >= 15 is 0 Å². The molecule has 0 saturated heterocycles. The molecule has 6 nitrogen and oxygen atoms in total. The molecule has 1 atom stereocenters. The quantitative estimate of drug-likeness (QED) is 0.352. The van der Waals surface area contributed by atoms with Gasteiger partial charge in [-0.3, -0.25) is 9.59 Å². The van der Waals surface area contributed by atoms with Gasteiger partial charge in [-0.15, -0.1) is 0 Å². The lowest BCUT2D eigenvalue weighted by Crippen LogP contribution is -2.48. The highest BCUT2D eigenvalue weighted by molar-refractivity contribution is 5.97. The third-order valence-electron chi connectivity index (χ3n) is 6.89. The summed E-state index contributed by atoms with van der Waals surface area (Å²) in [6.45, 7) is 1.99. The van der Waals surface area contributed by atoms with E-state index in [9.17, 15) is 9.59 Å². The second-order valence-electron chi connectivity index (χ2n) is 9.19. The summed E-state index contributed by atoms with van der Waals surface area (Å²) in [6.07, 6.45) is 2.06. The summed E-state index contributed by atoms with van der Waals surface area (Å²) in [5.74, 6) is -0.256. The van der Waals surface area contributed by atoms with E-state index in [4.69, 9.17) is 4.74 Å². The molecule has 0 aliphatic carbocycles. The van der Waals surface area contributed by atoms with Gasteiger partial charge in [-0.2, -0.15) is 0 Å². The van der Waals surface area contributed by atoms with Gasteiger partial charge in [0.2, 0.25) is 5.91 Å². The van der Waals surface area contributed by atoms with E-state index in [2.05, 4.69) is 29.0 Å². The number of methoxy groups -OCH3 is 1. The fourth-order valence-electron chi connectivity index (χ4n) is 4.96. The Bertz CT molecular complexity index is 1330. The standard InChI is InChI=1S/C31H31N3O3/c1-37-22-21-33(31(36)27-16-14-25(15-17-27)24-9-4-2-5-10-24)23-29(35)34-20-19-32-18-8-13-28(32)30(34)26-11-6-3-7-12-26/h2-18,30H,19-23H2,1H3. The van der Waals surface area contributed by atoms with Crippen molar-refractivity contribution in [1.82, 2.24) is 14.4 Å². The van der Waals surface area contributed by atoms with Gasteiger partial charge in [-0.05, 0) is 41.0 Å². The average Bonchev–Trinajstić information content (AvgIpc) is 3.44. The molecule has 0 saturated carbocycles. The molecule has 3 aromatic carbocycles. The Morgan fingerprint density at radius 1 is 0.838 bits per heavy atom. The van der Waals surface area contributed by atoms with Crippen LogP contribution in [0, 0.1) is 0 Å². The fraction of sp³-hybridized carbons (Fsp3) is 0.226. The van der Waals surface area contributed by atoms with Crippen molar-refractivity contribution in [2.75, 3.05) is 33.4 Å². The number of hydrogen-bond donors (Lipinski definition) is 0.